The van der Waals surface area contributed by atoms with Crippen molar-refractivity contribution in [3.63, 3.8) is 0 Å². The van der Waals surface area contributed by atoms with Crippen molar-refractivity contribution >= 4 is 29.3 Å². The molecule has 18 heavy (non-hydrogen) atoms. The van der Waals surface area contributed by atoms with Crippen molar-refractivity contribution in [3.05, 3.63) is 40.8 Å². The van der Waals surface area contributed by atoms with Crippen molar-refractivity contribution in [1.82, 2.24) is 15.0 Å². The molecule has 7 heteroatoms. The Morgan fingerprint density at radius 2 is 2.17 bits per heavy atom. The quantitative estimate of drug-likeness (QED) is 0.872. The van der Waals surface area contributed by atoms with E-state index in [0.717, 1.165) is 0 Å². The van der Waals surface area contributed by atoms with Crippen molar-refractivity contribution in [2.45, 2.75) is 17.1 Å². The van der Waals surface area contributed by atoms with Gasteiger partial charge >= 0.3 is 5.97 Å². The number of carbonyl (C=O) groups is 1. The van der Waals surface area contributed by atoms with Crippen LogP contribution in [0, 0.1) is 6.92 Å². The minimum absolute atomic E-state index is 0.0287. The van der Waals surface area contributed by atoms with Crippen LogP contribution in [0.3, 0.4) is 0 Å². The highest BCUT2D eigenvalue weighted by molar-refractivity contribution is 7.99. The van der Waals surface area contributed by atoms with Gasteiger partial charge in [-0.05, 0) is 36.9 Å². The van der Waals surface area contributed by atoms with Gasteiger partial charge in [-0.1, -0.05) is 11.6 Å². The molecule has 2 heterocycles. The second-order valence-electron chi connectivity index (χ2n) is 3.40. The highest BCUT2D eigenvalue weighted by Crippen LogP contribution is 2.23. The maximum Gasteiger partial charge on any atom is 0.354 e. The fourth-order valence-corrected chi connectivity index (χ4v) is 2.09. The number of pyridine rings is 1. The molecule has 92 valence electrons. The van der Waals surface area contributed by atoms with E-state index in [1.165, 1.54) is 24.0 Å². The maximum absolute atomic E-state index is 10.9. The molecule has 0 fully saturated rings. The molecule has 5 nitrogen and oxygen atoms in total. The topological polar surface area (TPSA) is 76.0 Å². The summed E-state index contributed by atoms with van der Waals surface area (Å²) in [4.78, 5) is 23.0. The lowest BCUT2D eigenvalue weighted by Crippen LogP contribution is -2.03. The van der Waals surface area contributed by atoms with E-state index in [2.05, 4.69) is 15.0 Å². The fourth-order valence-electron chi connectivity index (χ4n) is 1.21. The Kier molecular flexibility index (Phi) is 3.78. The molecule has 0 saturated heterocycles. The lowest BCUT2D eigenvalue weighted by atomic mass is 10.3. The molecule has 0 atom stereocenters. The summed E-state index contributed by atoms with van der Waals surface area (Å²) in [6.07, 6.45) is 1.51. The number of carboxylic acids is 1. The summed E-state index contributed by atoms with van der Waals surface area (Å²) in [7, 11) is 0. The summed E-state index contributed by atoms with van der Waals surface area (Å²) in [5.41, 5.74) is 0.567. The largest absolute Gasteiger partial charge is 0.477 e. The highest BCUT2D eigenvalue weighted by atomic mass is 35.5. The fraction of sp³-hybridized carbons (Fsp3) is 0.0909. The van der Waals surface area contributed by atoms with E-state index in [0.29, 0.717) is 20.9 Å². The molecule has 1 N–H and O–H groups in total. The van der Waals surface area contributed by atoms with Crippen LogP contribution in [0.25, 0.3) is 0 Å². The molecule has 0 aromatic carbocycles. The molecule has 0 radical (unpaired) electrons. The molecule has 2 aromatic rings. The van der Waals surface area contributed by atoms with Crippen LogP contribution in [0.2, 0.25) is 5.02 Å². The summed E-state index contributed by atoms with van der Waals surface area (Å²) in [5, 5.41) is 10.4. The average molecular weight is 282 g/mol. The van der Waals surface area contributed by atoms with Gasteiger partial charge in [-0.3, -0.25) is 0 Å². The Labute approximate surface area is 112 Å². The van der Waals surface area contributed by atoms with E-state index >= 15 is 0 Å². The molecular weight excluding hydrogens is 274 g/mol. The van der Waals surface area contributed by atoms with Gasteiger partial charge in [0.25, 0.3) is 0 Å². The predicted molar refractivity (Wildman–Crippen MR) is 67.1 cm³/mol. The second-order valence-corrected chi connectivity index (χ2v) is 4.82. The Morgan fingerprint density at radius 3 is 2.78 bits per heavy atom. The summed E-state index contributed by atoms with van der Waals surface area (Å²) >= 11 is 6.91. The van der Waals surface area contributed by atoms with Crippen LogP contribution in [-0.2, 0) is 0 Å². The van der Waals surface area contributed by atoms with E-state index in [1.807, 2.05) is 0 Å². The summed E-state index contributed by atoms with van der Waals surface area (Å²) in [5.74, 6) is -1.08. The number of rotatable bonds is 3. The predicted octanol–water partition coefficient (Wildman–Crippen LogP) is 2.68. The van der Waals surface area contributed by atoms with Crippen LogP contribution in [0.15, 0.2) is 34.6 Å². The van der Waals surface area contributed by atoms with Gasteiger partial charge in [0.2, 0.25) is 0 Å². The normalized spacial score (nSPS) is 10.3. The second kappa shape index (κ2) is 5.32. The standard InChI is InChI=1S/C11H8ClN3O2S/c1-6-4-8(10(16)17)15-11(14-6)18-9-3-2-7(12)5-13-9/h2-5H,1H3,(H,16,17). The highest BCUT2D eigenvalue weighted by Gasteiger charge is 2.10. The third-order valence-corrected chi connectivity index (χ3v) is 2.99. The number of aryl methyl sites for hydroxylation is 1. The van der Waals surface area contributed by atoms with Gasteiger partial charge in [-0.2, -0.15) is 0 Å². The molecule has 2 aromatic heterocycles. The first-order valence-electron chi connectivity index (χ1n) is 4.93. The van der Waals surface area contributed by atoms with Crippen LogP contribution in [0.5, 0.6) is 0 Å². The van der Waals surface area contributed by atoms with E-state index in [-0.39, 0.29) is 5.69 Å². The third kappa shape index (κ3) is 3.18. The molecule has 0 spiro atoms. The molecule has 0 aliphatic heterocycles. The Balaban J connectivity index is 2.28. The number of hydrogen-bond donors (Lipinski definition) is 1. The molecule has 0 bridgehead atoms. The van der Waals surface area contributed by atoms with Crippen LogP contribution in [0.1, 0.15) is 16.2 Å². The molecule has 0 aliphatic carbocycles. The first-order valence-corrected chi connectivity index (χ1v) is 6.12. The summed E-state index contributed by atoms with van der Waals surface area (Å²) in [6, 6.07) is 4.84. The summed E-state index contributed by atoms with van der Waals surface area (Å²) in [6.45, 7) is 1.72. The zero-order chi connectivity index (χ0) is 13.1. The van der Waals surface area contributed by atoms with Gasteiger partial charge in [0, 0.05) is 11.9 Å². The van der Waals surface area contributed by atoms with Gasteiger partial charge in [0.05, 0.1) is 5.02 Å². The summed E-state index contributed by atoms with van der Waals surface area (Å²) < 4.78 is 0. The van der Waals surface area contributed by atoms with Crippen molar-refractivity contribution in [2.75, 3.05) is 0 Å². The van der Waals surface area contributed by atoms with Gasteiger partial charge in [-0.15, -0.1) is 0 Å². The average Bonchev–Trinajstić information content (AvgIpc) is 2.31. The number of aromatic nitrogens is 3. The minimum atomic E-state index is -1.08. The maximum atomic E-state index is 10.9. The molecule has 0 amide bonds. The van der Waals surface area contributed by atoms with Crippen molar-refractivity contribution in [1.29, 1.82) is 0 Å². The molecule has 0 aliphatic rings. The SMILES string of the molecule is Cc1cc(C(=O)O)nc(Sc2ccc(Cl)cn2)n1. The molecule has 2 rings (SSSR count). The molecular formula is C11H8ClN3O2S. The van der Waals surface area contributed by atoms with Crippen molar-refractivity contribution in [3.8, 4) is 0 Å². The van der Waals surface area contributed by atoms with E-state index in [9.17, 15) is 4.79 Å². The number of nitrogens with zero attached hydrogens (tertiary/aromatic N) is 3. The zero-order valence-electron chi connectivity index (χ0n) is 9.29. The van der Waals surface area contributed by atoms with Crippen LogP contribution < -0.4 is 0 Å². The first kappa shape index (κ1) is 12.8. The third-order valence-electron chi connectivity index (χ3n) is 1.95. The number of halogens is 1. The lowest BCUT2D eigenvalue weighted by Gasteiger charge is -2.02. The van der Waals surface area contributed by atoms with Gasteiger partial charge in [0.15, 0.2) is 10.9 Å². The first-order chi connectivity index (χ1) is 8.54. The van der Waals surface area contributed by atoms with Crippen LogP contribution in [0.4, 0.5) is 0 Å². The van der Waals surface area contributed by atoms with Gasteiger partial charge in [-0.25, -0.2) is 19.7 Å². The zero-order valence-corrected chi connectivity index (χ0v) is 10.9. The number of hydrogen-bond acceptors (Lipinski definition) is 5. The van der Waals surface area contributed by atoms with Crippen LogP contribution in [-0.4, -0.2) is 26.0 Å². The van der Waals surface area contributed by atoms with Crippen molar-refractivity contribution < 1.29 is 9.90 Å². The van der Waals surface area contributed by atoms with Crippen LogP contribution >= 0.6 is 23.4 Å². The molecule has 0 unspecified atom stereocenters. The Morgan fingerprint density at radius 1 is 1.39 bits per heavy atom. The van der Waals surface area contributed by atoms with E-state index in [1.54, 1.807) is 19.1 Å². The minimum Gasteiger partial charge on any atom is -0.477 e. The number of carboxylic acid groups (broad SMARTS) is 1. The van der Waals surface area contributed by atoms with Gasteiger partial charge < -0.3 is 5.11 Å². The van der Waals surface area contributed by atoms with Gasteiger partial charge in [0.1, 0.15) is 5.03 Å². The lowest BCUT2D eigenvalue weighted by molar-refractivity contribution is 0.0689. The smallest absolute Gasteiger partial charge is 0.354 e. The molecule has 0 saturated carbocycles. The monoisotopic (exact) mass is 281 g/mol. The Hall–Kier alpha value is -1.66. The Bertz CT molecular complexity index is 589. The van der Waals surface area contributed by atoms with E-state index in [4.69, 9.17) is 16.7 Å². The number of aromatic carboxylic acids is 1. The van der Waals surface area contributed by atoms with Crippen molar-refractivity contribution in [2.24, 2.45) is 0 Å². The van der Waals surface area contributed by atoms with E-state index < -0.39 is 5.97 Å².